The van der Waals surface area contributed by atoms with Crippen LogP contribution in [0.3, 0.4) is 0 Å². The second-order valence-corrected chi connectivity index (χ2v) is 4.83. The molecule has 0 saturated heterocycles. The van der Waals surface area contributed by atoms with E-state index in [2.05, 4.69) is 37.1 Å². The molecule has 0 saturated carbocycles. The van der Waals surface area contributed by atoms with Gasteiger partial charge in [-0.25, -0.2) is 0 Å². The number of rotatable bonds is 7. The Morgan fingerprint density at radius 1 is 0.923 bits per heavy atom. The minimum absolute atomic E-state index is 0. The monoisotopic (exact) mass is 224 g/mol. The Bertz CT molecular complexity index is 89.6. The van der Waals surface area contributed by atoms with Gasteiger partial charge in [-0.1, -0.05) is 21.3 Å². The molecular formula is C9H24N2S2. The zero-order chi connectivity index (χ0) is 9.40. The molecule has 2 nitrogen and oxygen atoms in total. The first kappa shape index (κ1) is 16.1. The van der Waals surface area contributed by atoms with Crippen LogP contribution in [0.4, 0.5) is 0 Å². The molecule has 13 heavy (non-hydrogen) atoms. The van der Waals surface area contributed by atoms with Crippen molar-refractivity contribution >= 4 is 22.0 Å². The molecule has 0 amide bonds. The smallest absolute Gasteiger partial charge is 0.0149 e. The molecule has 0 rings (SSSR count). The molecule has 2 atom stereocenters. The Hall–Kier alpha value is 0.620. The summed E-state index contributed by atoms with van der Waals surface area (Å²) in [6.07, 6.45) is 2.35. The van der Waals surface area contributed by atoms with Crippen LogP contribution in [-0.2, 0) is 0 Å². The van der Waals surface area contributed by atoms with Gasteiger partial charge >= 0.3 is 0 Å². The summed E-state index contributed by atoms with van der Waals surface area (Å²) in [5.41, 5.74) is 0. The van der Waals surface area contributed by atoms with Gasteiger partial charge in [0, 0.05) is 34.0 Å². The maximum absolute atomic E-state index is 3.33. The van der Waals surface area contributed by atoms with Crippen molar-refractivity contribution in [2.75, 3.05) is 0 Å². The lowest BCUT2D eigenvalue weighted by atomic mass is 10.3. The molecule has 0 aliphatic heterocycles. The number of hydrogen-bond acceptors (Lipinski definition) is 4. The van der Waals surface area contributed by atoms with Crippen LogP contribution in [0.2, 0.25) is 0 Å². The van der Waals surface area contributed by atoms with Gasteiger partial charge in [-0.3, -0.25) is 9.44 Å². The molecule has 0 aromatic rings. The molecule has 0 bridgehead atoms. The van der Waals surface area contributed by atoms with Crippen LogP contribution < -0.4 is 9.44 Å². The Balaban J connectivity index is 0. The summed E-state index contributed by atoms with van der Waals surface area (Å²) in [4.78, 5) is 0. The van der Waals surface area contributed by atoms with E-state index >= 15 is 0 Å². The Kier molecular flexibility index (Phi) is 13.2. The zero-order valence-corrected chi connectivity index (χ0v) is 10.0. The van der Waals surface area contributed by atoms with Crippen molar-refractivity contribution in [2.45, 2.75) is 60.0 Å². The van der Waals surface area contributed by atoms with Crippen molar-refractivity contribution in [1.82, 2.24) is 9.44 Å². The average molecular weight is 224 g/mol. The quantitative estimate of drug-likeness (QED) is 0.392. The third-order valence-electron chi connectivity index (χ3n) is 1.77. The van der Waals surface area contributed by atoms with Gasteiger partial charge in [0.15, 0.2) is 0 Å². The van der Waals surface area contributed by atoms with E-state index < -0.39 is 0 Å². The van der Waals surface area contributed by atoms with E-state index in [1.807, 2.05) is 0 Å². The van der Waals surface area contributed by atoms with Crippen molar-refractivity contribution in [2.24, 2.45) is 0 Å². The largest absolute Gasteiger partial charge is 0.251 e. The molecule has 0 aromatic heterocycles. The van der Waals surface area contributed by atoms with Gasteiger partial charge in [-0.2, -0.15) is 0 Å². The minimum Gasteiger partial charge on any atom is -0.251 e. The predicted octanol–water partition coefficient (Wildman–Crippen LogP) is 3.61. The summed E-state index contributed by atoms with van der Waals surface area (Å²) in [6, 6.07) is 1.20. The summed E-state index contributed by atoms with van der Waals surface area (Å²) in [5, 5.41) is 0. The van der Waals surface area contributed by atoms with E-state index in [4.69, 9.17) is 0 Å². The van der Waals surface area contributed by atoms with Gasteiger partial charge in [0.05, 0.1) is 0 Å². The molecular weight excluding hydrogens is 200 g/mol. The Morgan fingerprint density at radius 3 is 1.46 bits per heavy atom. The zero-order valence-electron chi connectivity index (χ0n) is 8.39. The fourth-order valence-corrected chi connectivity index (χ4v) is 2.41. The van der Waals surface area contributed by atoms with Gasteiger partial charge < -0.3 is 0 Å². The molecule has 0 radical (unpaired) electrons. The lowest BCUT2D eigenvalue weighted by molar-refractivity contribution is 0.667. The van der Waals surface area contributed by atoms with E-state index in [0.29, 0.717) is 12.1 Å². The highest BCUT2D eigenvalue weighted by atomic mass is 33.1. The van der Waals surface area contributed by atoms with Crippen LogP contribution in [0.15, 0.2) is 0 Å². The predicted molar refractivity (Wildman–Crippen MR) is 67.7 cm³/mol. The third-order valence-corrected chi connectivity index (χ3v) is 3.67. The van der Waals surface area contributed by atoms with Crippen molar-refractivity contribution in [3.8, 4) is 0 Å². The van der Waals surface area contributed by atoms with Gasteiger partial charge in [0.1, 0.15) is 0 Å². The van der Waals surface area contributed by atoms with Crippen LogP contribution in [0.5, 0.6) is 0 Å². The van der Waals surface area contributed by atoms with Gasteiger partial charge in [-0.15, -0.1) is 0 Å². The average Bonchev–Trinajstić information content (AvgIpc) is 2.11. The number of nitrogens with one attached hydrogen (secondary N) is 2. The standard InChI is InChI=1S/C8H20N2S2.CH4/c1-5-7(3)9-11-12-10-8(4)6-2;/h7-10H,5-6H2,1-4H3;1H4. The van der Waals surface area contributed by atoms with Crippen LogP contribution in [-0.4, -0.2) is 12.1 Å². The molecule has 0 aliphatic rings. The summed E-state index contributed by atoms with van der Waals surface area (Å²) >= 11 is 0. The lowest BCUT2D eigenvalue weighted by Crippen LogP contribution is -2.20. The van der Waals surface area contributed by atoms with Crippen molar-refractivity contribution in [3.63, 3.8) is 0 Å². The van der Waals surface area contributed by atoms with E-state index in [1.165, 1.54) is 12.8 Å². The molecule has 0 aliphatic carbocycles. The van der Waals surface area contributed by atoms with Gasteiger partial charge in [-0.05, 0) is 26.7 Å². The van der Waals surface area contributed by atoms with Crippen LogP contribution in [0.1, 0.15) is 48.0 Å². The molecule has 0 heterocycles. The van der Waals surface area contributed by atoms with E-state index in [1.54, 1.807) is 22.0 Å². The van der Waals surface area contributed by atoms with Gasteiger partial charge in [0.2, 0.25) is 0 Å². The van der Waals surface area contributed by atoms with E-state index in [-0.39, 0.29) is 7.43 Å². The first-order chi connectivity index (χ1) is 5.70. The molecule has 0 spiro atoms. The van der Waals surface area contributed by atoms with Gasteiger partial charge in [0.25, 0.3) is 0 Å². The molecule has 0 fully saturated rings. The minimum atomic E-state index is 0. The first-order valence-corrected chi connectivity index (χ1v) is 6.69. The van der Waals surface area contributed by atoms with Crippen LogP contribution >= 0.6 is 22.0 Å². The fourth-order valence-electron chi connectivity index (χ4n) is 0.379. The number of hydrogen-bond donors (Lipinski definition) is 2. The SMILES string of the molecule is C.CCC(C)NSSNC(C)CC. The fraction of sp³-hybridized carbons (Fsp3) is 1.00. The second kappa shape index (κ2) is 10.7. The first-order valence-electron chi connectivity index (χ1n) is 4.54. The van der Waals surface area contributed by atoms with Crippen molar-refractivity contribution in [3.05, 3.63) is 0 Å². The van der Waals surface area contributed by atoms with Crippen LogP contribution in [0.25, 0.3) is 0 Å². The summed E-state index contributed by atoms with van der Waals surface area (Å²) < 4.78 is 6.66. The molecule has 0 aromatic carbocycles. The van der Waals surface area contributed by atoms with Crippen molar-refractivity contribution in [1.29, 1.82) is 0 Å². The topological polar surface area (TPSA) is 24.1 Å². The highest BCUT2D eigenvalue weighted by Gasteiger charge is 1.99. The lowest BCUT2D eigenvalue weighted by Gasteiger charge is -2.12. The highest BCUT2D eigenvalue weighted by molar-refractivity contribution is 8.75. The normalized spacial score (nSPS) is 14.8. The van der Waals surface area contributed by atoms with Crippen LogP contribution in [0, 0.1) is 0 Å². The van der Waals surface area contributed by atoms with E-state index in [0.717, 1.165) is 0 Å². The molecule has 82 valence electrons. The third kappa shape index (κ3) is 10.5. The Morgan fingerprint density at radius 2 is 1.23 bits per heavy atom. The summed E-state index contributed by atoms with van der Waals surface area (Å²) in [6.45, 7) is 8.75. The summed E-state index contributed by atoms with van der Waals surface area (Å²) in [7, 11) is 3.37. The molecule has 2 N–H and O–H groups in total. The second-order valence-electron chi connectivity index (χ2n) is 3.02. The maximum atomic E-state index is 3.33. The maximum Gasteiger partial charge on any atom is 0.0149 e. The molecule has 4 heteroatoms. The highest BCUT2D eigenvalue weighted by Crippen LogP contribution is 2.15. The van der Waals surface area contributed by atoms with E-state index in [9.17, 15) is 0 Å². The summed E-state index contributed by atoms with van der Waals surface area (Å²) in [5.74, 6) is 0. The van der Waals surface area contributed by atoms with Crippen molar-refractivity contribution < 1.29 is 0 Å². The Labute approximate surface area is 91.7 Å². The molecule has 2 unspecified atom stereocenters.